The molecule has 3 aromatic carbocycles. The predicted octanol–water partition coefficient (Wildman–Crippen LogP) is 5.56. The van der Waals surface area contributed by atoms with E-state index in [1.54, 1.807) is 24.5 Å². The van der Waals surface area contributed by atoms with Crippen LogP contribution in [0.15, 0.2) is 97.3 Å². The van der Waals surface area contributed by atoms with Crippen molar-refractivity contribution >= 4 is 5.91 Å². The lowest BCUT2D eigenvalue weighted by molar-refractivity contribution is -0.255. The van der Waals surface area contributed by atoms with Gasteiger partial charge in [-0.05, 0) is 52.1 Å². The summed E-state index contributed by atoms with van der Waals surface area (Å²) in [5.41, 5.74) is 6.51. The van der Waals surface area contributed by atoms with E-state index in [0.29, 0.717) is 25.3 Å². The Morgan fingerprint density at radius 3 is 2.38 bits per heavy atom. The van der Waals surface area contributed by atoms with Crippen LogP contribution in [0.5, 0.6) is 0 Å². The SMILES string of the molecule is O=C(NCc1cccc(-c2cccc([C@@H]3O[C@H](CN4CCC5(CC4)OCCO5)C[C@H](c4ccc(CO)cc4)O3)c2)c1)c1cccnc1. The number of carbonyl (C=O) groups excluding carboxylic acids is 1. The van der Waals surface area contributed by atoms with Gasteiger partial charge in [0.05, 0.1) is 37.6 Å². The Morgan fingerprint density at radius 1 is 0.872 bits per heavy atom. The first kappa shape index (κ1) is 31.6. The average molecular weight is 636 g/mol. The summed E-state index contributed by atoms with van der Waals surface area (Å²) in [6.07, 6.45) is 4.93. The Bertz CT molecular complexity index is 1630. The molecule has 47 heavy (non-hydrogen) atoms. The van der Waals surface area contributed by atoms with Gasteiger partial charge in [0.25, 0.3) is 5.91 Å². The molecule has 1 aromatic heterocycles. The van der Waals surface area contributed by atoms with Crippen LogP contribution in [0, 0.1) is 0 Å². The highest BCUT2D eigenvalue weighted by Gasteiger charge is 2.41. The Morgan fingerprint density at radius 2 is 1.64 bits per heavy atom. The summed E-state index contributed by atoms with van der Waals surface area (Å²) in [4.78, 5) is 19.0. The molecular weight excluding hydrogens is 594 g/mol. The molecule has 0 unspecified atom stereocenters. The van der Waals surface area contributed by atoms with Gasteiger partial charge in [-0.25, -0.2) is 0 Å². The summed E-state index contributed by atoms with van der Waals surface area (Å²) in [6.45, 7) is 4.36. The first-order valence-corrected chi connectivity index (χ1v) is 16.4. The highest BCUT2D eigenvalue weighted by molar-refractivity contribution is 5.93. The Labute approximate surface area is 275 Å². The van der Waals surface area contributed by atoms with Gasteiger partial charge in [-0.1, -0.05) is 60.7 Å². The van der Waals surface area contributed by atoms with Gasteiger partial charge in [0.1, 0.15) is 0 Å². The van der Waals surface area contributed by atoms with Gasteiger partial charge in [0.15, 0.2) is 12.1 Å². The maximum Gasteiger partial charge on any atom is 0.253 e. The van der Waals surface area contributed by atoms with Crippen LogP contribution < -0.4 is 5.32 Å². The first-order chi connectivity index (χ1) is 23.1. The highest BCUT2D eigenvalue weighted by Crippen LogP contribution is 2.40. The van der Waals surface area contributed by atoms with Crippen molar-refractivity contribution in [1.82, 2.24) is 15.2 Å². The highest BCUT2D eigenvalue weighted by atomic mass is 16.7. The Hall–Kier alpha value is -3.96. The monoisotopic (exact) mass is 635 g/mol. The van der Waals surface area contributed by atoms with Gasteiger partial charge in [-0.2, -0.15) is 0 Å². The molecule has 4 heterocycles. The number of aromatic nitrogens is 1. The quantitative estimate of drug-likeness (QED) is 0.247. The minimum Gasteiger partial charge on any atom is -0.392 e. The molecule has 0 bridgehead atoms. The number of aliphatic hydroxyl groups excluding tert-OH is 1. The lowest BCUT2D eigenvalue weighted by Crippen LogP contribution is -2.48. The number of pyridine rings is 1. The van der Waals surface area contributed by atoms with Crippen molar-refractivity contribution in [1.29, 1.82) is 0 Å². The molecule has 0 radical (unpaired) electrons. The average Bonchev–Trinajstić information content (AvgIpc) is 3.60. The van der Waals surface area contributed by atoms with Crippen LogP contribution in [-0.4, -0.2) is 65.6 Å². The zero-order chi connectivity index (χ0) is 32.1. The molecule has 3 saturated heterocycles. The molecule has 3 aliphatic heterocycles. The van der Waals surface area contributed by atoms with Gasteiger partial charge in [-0.15, -0.1) is 0 Å². The van der Waals surface area contributed by atoms with E-state index in [4.69, 9.17) is 18.9 Å². The Balaban J connectivity index is 1.07. The second kappa shape index (κ2) is 14.4. The standard InChI is InChI=1S/C38H41N3O6/c42-26-27-9-11-29(12-10-27)35-22-34(25-41-16-13-38(14-17-41)44-18-19-45-38)46-37(47-35)32-7-2-6-31(21-32)30-5-1-4-28(20-30)23-40-36(43)33-8-3-15-39-24-33/h1-12,15,20-21,24,34-35,37,42H,13-14,16-19,22-23,25-26H2,(H,40,43)/t34-,35+,37+/m0/s1. The maximum atomic E-state index is 12.6. The fourth-order valence-corrected chi connectivity index (χ4v) is 6.69. The van der Waals surface area contributed by atoms with Gasteiger partial charge < -0.3 is 34.3 Å². The van der Waals surface area contributed by atoms with Crippen LogP contribution in [0.1, 0.15) is 64.3 Å². The van der Waals surface area contributed by atoms with Crippen molar-refractivity contribution in [2.75, 3.05) is 32.8 Å². The zero-order valence-corrected chi connectivity index (χ0v) is 26.4. The third-order valence-electron chi connectivity index (χ3n) is 9.30. The van der Waals surface area contributed by atoms with Crippen molar-refractivity contribution < 1.29 is 28.8 Å². The fourth-order valence-electron chi connectivity index (χ4n) is 6.69. The lowest BCUT2D eigenvalue weighted by Gasteiger charge is -2.41. The second-order valence-electron chi connectivity index (χ2n) is 12.5. The largest absolute Gasteiger partial charge is 0.392 e. The number of aliphatic hydroxyl groups is 1. The summed E-state index contributed by atoms with van der Waals surface area (Å²) in [6, 6.07) is 28.0. The van der Waals surface area contributed by atoms with Gasteiger partial charge >= 0.3 is 0 Å². The number of benzene rings is 3. The third kappa shape index (κ3) is 7.62. The molecule has 3 aliphatic rings. The summed E-state index contributed by atoms with van der Waals surface area (Å²) >= 11 is 0. The number of rotatable bonds is 9. The van der Waals surface area contributed by atoms with Crippen LogP contribution in [0.3, 0.4) is 0 Å². The van der Waals surface area contributed by atoms with Crippen LogP contribution >= 0.6 is 0 Å². The van der Waals surface area contributed by atoms with E-state index in [1.165, 1.54) is 0 Å². The fraction of sp³-hybridized carbons (Fsp3) is 0.368. The van der Waals surface area contributed by atoms with E-state index in [9.17, 15) is 9.90 Å². The van der Waals surface area contributed by atoms with Gasteiger partial charge in [-0.3, -0.25) is 9.78 Å². The van der Waals surface area contributed by atoms with E-state index in [2.05, 4.69) is 45.5 Å². The van der Waals surface area contributed by atoms with Gasteiger partial charge in [0, 0.05) is 63.4 Å². The molecule has 9 heteroatoms. The Kier molecular flexibility index (Phi) is 9.71. The molecule has 0 aliphatic carbocycles. The van der Waals surface area contributed by atoms with E-state index in [1.807, 2.05) is 42.5 Å². The van der Waals surface area contributed by atoms with Crippen molar-refractivity contribution in [2.24, 2.45) is 0 Å². The number of hydrogen-bond acceptors (Lipinski definition) is 8. The molecule has 2 N–H and O–H groups in total. The minimum atomic E-state index is -0.546. The zero-order valence-electron chi connectivity index (χ0n) is 26.4. The number of hydrogen-bond donors (Lipinski definition) is 2. The lowest BCUT2D eigenvalue weighted by atomic mass is 9.97. The van der Waals surface area contributed by atoms with E-state index in [-0.39, 0.29) is 24.7 Å². The number of amides is 1. The minimum absolute atomic E-state index is 0.00884. The third-order valence-corrected chi connectivity index (χ3v) is 9.30. The van der Waals surface area contributed by atoms with Crippen LogP contribution in [0.2, 0.25) is 0 Å². The molecule has 9 nitrogen and oxygen atoms in total. The molecule has 0 saturated carbocycles. The number of ether oxygens (including phenoxy) is 4. The molecule has 7 rings (SSSR count). The van der Waals surface area contributed by atoms with E-state index in [0.717, 1.165) is 72.3 Å². The summed E-state index contributed by atoms with van der Waals surface area (Å²) in [7, 11) is 0. The number of nitrogens with one attached hydrogen (secondary N) is 1. The molecule has 1 spiro atoms. The van der Waals surface area contributed by atoms with E-state index < -0.39 is 12.1 Å². The summed E-state index contributed by atoms with van der Waals surface area (Å²) in [5.74, 6) is -0.564. The molecule has 4 aromatic rings. The normalized spacial score (nSPS) is 22.7. The second-order valence-corrected chi connectivity index (χ2v) is 12.5. The van der Waals surface area contributed by atoms with Crippen molar-refractivity contribution in [2.45, 2.75) is 56.7 Å². The van der Waals surface area contributed by atoms with Crippen molar-refractivity contribution in [3.8, 4) is 11.1 Å². The topological polar surface area (TPSA) is 102 Å². The summed E-state index contributed by atoms with van der Waals surface area (Å²) in [5, 5.41) is 12.6. The maximum absolute atomic E-state index is 12.6. The molecule has 3 fully saturated rings. The van der Waals surface area contributed by atoms with E-state index >= 15 is 0 Å². The molecule has 3 atom stereocenters. The van der Waals surface area contributed by atoms with Gasteiger partial charge in [0.2, 0.25) is 0 Å². The molecular formula is C38H41N3O6. The number of carbonyl (C=O) groups is 1. The summed E-state index contributed by atoms with van der Waals surface area (Å²) < 4.78 is 25.2. The van der Waals surface area contributed by atoms with Crippen LogP contribution in [0.4, 0.5) is 0 Å². The number of piperidine rings is 1. The van der Waals surface area contributed by atoms with Crippen LogP contribution in [-0.2, 0) is 32.1 Å². The van der Waals surface area contributed by atoms with Crippen LogP contribution in [0.25, 0.3) is 11.1 Å². The number of likely N-dealkylation sites (tertiary alicyclic amines) is 1. The molecule has 244 valence electrons. The first-order valence-electron chi connectivity index (χ1n) is 16.4. The molecule has 1 amide bonds. The predicted molar refractivity (Wildman–Crippen MR) is 176 cm³/mol. The van der Waals surface area contributed by atoms with Crippen molar-refractivity contribution in [3.05, 3.63) is 125 Å². The van der Waals surface area contributed by atoms with Crippen molar-refractivity contribution in [3.63, 3.8) is 0 Å². The smallest absolute Gasteiger partial charge is 0.253 e. The number of nitrogens with zero attached hydrogens (tertiary/aromatic N) is 2.